The number of nitrogens with zero attached hydrogens (tertiary/aromatic N) is 2. The minimum absolute atomic E-state index is 0.135. The van der Waals surface area contributed by atoms with Crippen molar-refractivity contribution in [1.82, 2.24) is 15.2 Å². The molecule has 2 N–H and O–H groups in total. The van der Waals surface area contributed by atoms with Crippen LogP contribution in [0.25, 0.3) is 0 Å². The van der Waals surface area contributed by atoms with E-state index in [4.69, 9.17) is 4.74 Å². The van der Waals surface area contributed by atoms with E-state index in [9.17, 15) is 14.7 Å². The zero-order valence-corrected chi connectivity index (χ0v) is 12.9. The lowest BCUT2D eigenvalue weighted by Gasteiger charge is -2.24. The smallest absolute Gasteiger partial charge is 0.410 e. The number of β-amino-alcohol motifs (C(OH)–C–C–N with tert-alkyl or cyclic N) is 1. The van der Waals surface area contributed by atoms with Crippen LogP contribution in [0.3, 0.4) is 0 Å². The first-order chi connectivity index (χ1) is 10.3. The second kappa shape index (κ2) is 6.31. The Balaban J connectivity index is 1.94. The second-order valence-corrected chi connectivity index (χ2v) is 6.27. The number of aliphatic hydroxyl groups excluding tert-OH is 1. The van der Waals surface area contributed by atoms with Gasteiger partial charge in [-0.3, -0.25) is 9.78 Å². The summed E-state index contributed by atoms with van der Waals surface area (Å²) in [4.78, 5) is 29.3. The molecule has 1 aromatic heterocycles. The molecule has 1 aliphatic heterocycles. The molecule has 0 spiro atoms. The van der Waals surface area contributed by atoms with E-state index >= 15 is 0 Å². The van der Waals surface area contributed by atoms with Gasteiger partial charge in [0.2, 0.25) is 0 Å². The highest BCUT2D eigenvalue weighted by Crippen LogP contribution is 2.16. The Morgan fingerprint density at radius 3 is 2.55 bits per heavy atom. The van der Waals surface area contributed by atoms with Crippen LogP contribution in [0, 0.1) is 0 Å². The van der Waals surface area contributed by atoms with Crippen molar-refractivity contribution in [3.63, 3.8) is 0 Å². The highest BCUT2D eigenvalue weighted by molar-refractivity contribution is 5.94. The molecule has 7 heteroatoms. The number of pyridine rings is 1. The largest absolute Gasteiger partial charge is 0.444 e. The van der Waals surface area contributed by atoms with E-state index in [2.05, 4.69) is 10.3 Å². The van der Waals surface area contributed by atoms with Gasteiger partial charge < -0.3 is 20.1 Å². The molecule has 2 heterocycles. The summed E-state index contributed by atoms with van der Waals surface area (Å²) >= 11 is 0. The Kier molecular flexibility index (Phi) is 4.65. The average Bonchev–Trinajstić information content (AvgIpc) is 2.79. The molecular formula is C15H21N3O4. The van der Waals surface area contributed by atoms with Crippen molar-refractivity contribution in [2.24, 2.45) is 0 Å². The Morgan fingerprint density at radius 1 is 1.32 bits per heavy atom. The van der Waals surface area contributed by atoms with Crippen LogP contribution in [0.4, 0.5) is 4.79 Å². The van der Waals surface area contributed by atoms with Gasteiger partial charge in [-0.2, -0.15) is 0 Å². The summed E-state index contributed by atoms with van der Waals surface area (Å²) in [6.07, 6.45) is 1.73. The van der Waals surface area contributed by atoms with E-state index in [0.717, 1.165) is 0 Å². The maximum Gasteiger partial charge on any atom is 0.410 e. The molecule has 0 aliphatic carbocycles. The van der Waals surface area contributed by atoms with Gasteiger partial charge >= 0.3 is 6.09 Å². The van der Waals surface area contributed by atoms with Crippen molar-refractivity contribution in [3.8, 4) is 0 Å². The quantitative estimate of drug-likeness (QED) is 0.843. The summed E-state index contributed by atoms with van der Waals surface area (Å²) in [6.45, 7) is 5.68. The van der Waals surface area contributed by atoms with E-state index < -0.39 is 23.8 Å². The predicted molar refractivity (Wildman–Crippen MR) is 79.3 cm³/mol. The van der Waals surface area contributed by atoms with Crippen LogP contribution >= 0.6 is 0 Å². The van der Waals surface area contributed by atoms with Gasteiger partial charge in [-0.1, -0.05) is 0 Å². The highest BCUT2D eigenvalue weighted by Gasteiger charge is 2.37. The predicted octanol–water partition coefficient (Wildman–Crippen LogP) is 0.792. The SMILES string of the molecule is CC(C)(C)OC(=O)N1C[C@@H](O)[C@H](NC(=O)c2ccncc2)C1. The van der Waals surface area contributed by atoms with Crippen molar-refractivity contribution in [2.45, 2.75) is 38.5 Å². The van der Waals surface area contributed by atoms with Crippen molar-refractivity contribution in [1.29, 1.82) is 0 Å². The maximum absolute atomic E-state index is 12.1. The lowest BCUT2D eigenvalue weighted by Crippen LogP contribution is -2.43. The third-order valence-electron chi connectivity index (χ3n) is 3.20. The first-order valence-electron chi connectivity index (χ1n) is 7.13. The highest BCUT2D eigenvalue weighted by atomic mass is 16.6. The number of likely N-dealkylation sites (tertiary alicyclic amines) is 1. The second-order valence-electron chi connectivity index (χ2n) is 6.27. The molecule has 1 aromatic rings. The van der Waals surface area contributed by atoms with Gasteiger partial charge in [-0.15, -0.1) is 0 Å². The molecule has 22 heavy (non-hydrogen) atoms. The fourth-order valence-corrected chi connectivity index (χ4v) is 2.16. The summed E-state index contributed by atoms with van der Waals surface area (Å²) in [6, 6.07) is 2.65. The van der Waals surface area contributed by atoms with Crippen LogP contribution in [0.5, 0.6) is 0 Å². The monoisotopic (exact) mass is 307 g/mol. The summed E-state index contributed by atoms with van der Waals surface area (Å²) in [5.41, 5.74) is -0.140. The van der Waals surface area contributed by atoms with Crippen LogP contribution < -0.4 is 5.32 Å². The molecule has 2 rings (SSSR count). The Bertz CT molecular complexity index is 541. The Labute approximate surface area is 129 Å². The number of amides is 2. The number of ether oxygens (including phenoxy) is 1. The minimum Gasteiger partial charge on any atom is -0.444 e. The summed E-state index contributed by atoms with van der Waals surface area (Å²) in [5, 5.41) is 12.8. The molecule has 1 saturated heterocycles. The molecule has 7 nitrogen and oxygen atoms in total. The number of rotatable bonds is 2. The number of carbonyl (C=O) groups is 2. The number of aromatic nitrogens is 1. The summed E-state index contributed by atoms with van der Waals surface area (Å²) < 4.78 is 5.26. The van der Waals surface area contributed by atoms with Gasteiger partial charge in [0.25, 0.3) is 5.91 Å². The minimum atomic E-state index is -0.821. The maximum atomic E-state index is 12.1. The number of hydrogen-bond acceptors (Lipinski definition) is 5. The third-order valence-corrected chi connectivity index (χ3v) is 3.20. The van der Waals surface area contributed by atoms with Gasteiger partial charge in [0, 0.05) is 24.5 Å². The van der Waals surface area contributed by atoms with Crippen LogP contribution in [0.1, 0.15) is 31.1 Å². The molecule has 0 aromatic carbocycles. The van der Waals surface area contributed by atoms with Gasteiger partial charge in [-0.25, -0.2) is 4.79 Å². The van der Waals surface area contributed by atoms with Gasteiger partial charge in [0.05, 0.1) is 18.7 Å². The number of hydrogen-bond donors (Lipinski definition) is 2. The standard InChI is InChI=1S/C15H21N3O4/c1-15(2,3)22-14(21)18-8-11(12(19)9-18)17-13(20)10-4-6-16-7-5-10/h4-7,11-12,19H,8-9H2,1-3H3,(H,17,20)/t11-,12-/m1/s1. The van der Waals surface area contributed by atoms with E-state index in [1.54, 1.807) is 32.9 Å². The molecule has 0 radical (unpaired) electrons. The van der Waals surface area contributed by atoms with Crippen molar-refractivity contribution < 1.29 is 19.4 Å². The van der Waals surface area contributed by atoms with Crippen molar-refractivity contribution >= 4 is 12.0 Å². The molecule has 0 bridgehead atoms. The number of aliphatic hydroxyl groups is 1. The van der Waals surface area contributed by atoms with Crippen LogP contribution in [0.15, 0.2) is 24.5 Å². The molecule has 2 amide bonds. The summed E-state index contributed by atoms with van der Waals surface area (Å²) in [5.74, 6) is -0.308. The van der Waals surface area contributed by atoms with Crippen LogP contribution in [-0.4, -0.2) is 57.8 Å². The van der Waals surface area contributed by atoms with E-state index in [1.165, 1.54) is 17.3 Å². The zero-order valence-electron chi connectivity index (χ0n) is 12.9. The number of carbonyl (C=O) groups excluding carboxylic acids is 2. The first kappa shape index (κ1) is 16.2. The Hall–Kier alpha value is -2.15. The van der Waals surface area contributed by atoms with E-state index in [1.807, 2.05) is 0 Å². The molecule has 0 saturated carbocycles. The molecule has 1 fully saturated rings. The van der Waals surface area contributed by atoms with Crippen LogP contribution in [0.2, 0.25) is 0 Å². The topological polar surface area (TPSA) is 91.8 Å². The zero-order chi connectivity index (χ0) is 16.3. The van der Waals surface area contributed by atoms with Gasteiger partial charge in [0.15, 0.2) is 0 Å². The molecule has 120 valence electrons. The summed E-state index contributed by atoms with van der Waals surface area (Å²) in [7, 11) is 0. The fourth-order valence-electron chi connectivity index (χ4n) is 2.16. The Morgan fingerprint density at radius 2 is 1.95 bits per heavy atom. The molecular weight excluding hydrogens is 286 g/mol. The fraction of sp³-hybridized carbons (Fsp3) is 0.533. The molecule has 0 unspecified atom stereocenters. The molecule has 2 atom stereocenters. The lowest BCUT2D eigenvalue weighted by molar-refractivity contribution is 0.0269. The molecule has 1 aliphatic rings. The van der Waals surface area contributed by atoms with E-state index in [0.29, 0.717) is 5.56 Å². The van der Waals surface area contributed by atoms with Gasteiger partial charge in [0.1, 0.15) is 5.60 Å². The van der Waals surface area contributed by atoms with Gasteiger partial charge in [-0.05, 0) is 32.9 Å². The lowest BCUT2D eigenvalue weighted by atomic mass is 10.2. The van der Waals surface area contributed by atoms with E-state index in [-0.39, 0.29) is 19.0 Å². The van der Waals surface area contributed by atoms with Crippen LogP contribution in [-0.2, 0) is 4.74 Å². The first-order valence-corrected chi connectivity index (χ1v) is 7.13. The average molecular weight is 307 g/mol. The normalized spacial score (nSPS) is 21.5. The van der Waals surface area contributed by atoms with Crippen molar-refractivity contribution in [3.05, 3.63) is 30.1 Å². The third kappa shape index (κ3) is 4.17. The van der Waals surface area contributed by atoms with Crippen molar-refractivity contribution in [2.75, 3.05) is 13.1 Å². The number of nitrogens with one attached hydrogen (secondary N) is 1.